The summed E-state index contributed by atoms with van der Waals surface area (Å²) in [5.74, 6) is 0. The number of benzene rings is 6. The van der Waals surface area contributed by atoms with Crippen LogP contribution in [0.2, 0.25) is 0 Å². The monoisotopic (exact) mass is 549 g/mol. The predicted molar refractivity (Wildman–Crippen MR) is 175 cm³/mol. The van der Waals surface area contributed by atoms with Gasteiger partial charge in [-0.2, -0.15) is 10.5 Å². The van der Waals surface area contributed by atoms with Crippen molar-refractivity contribution < 1.29 is 0 Å². The minimum absolute atomic E-state index is 0.644. The van der Waals surface area contributed by atoms with Gasteiger partial charge in [-0.3, -0.25) is 0 Å². The predicted octanol–water partition coefficient (Wildman–Crippen LogP) is 9.76. The van der Waals surface area contributed by atoms with E-state index in [-0.39, 0.29) is 0 Å². The molecule has 0 aliphatic carbocycles. The standard InChI is InChI=1S/C40H27N3/c1-27-16-17-31(23-37(27)35-13-3-2-11-33(35)21-28-8-6-9-29(20-28)25-41)32-18-19-40-38(24-32)36-14-4-5-15-39(36)43(40)34-12-7-10-30(22-34)26-42/h2-20,22-24H,21H2,1H3. The maximum atomic E-state index is 9.51. The first-order valence-corrected chi connectivity index (χ1v) is 14.3. The molecule has 0 aliphatic rings. The minimum atomic E-state index is 0.644. The van der Waals surface area contributed by atoms with Crippen molar-refractivity contribution in [1.29, 1.82) is 10.5 Å². The van der Waals surface area contributed by atoms with Gasteiger partial charge < -0.3 is 4.57 Å². The Bertz CT molecular complexity index is 2260. The van der Waals surface area contributed by atoms with E-state index < -0.39 is 0 Å². The summed E-state index contributed by atoms with van der Waals surface area (Å²) in [5.41, 5.74) is 12.8. The average Bonchev–Trinajstić information content (AvgIpc) is 3.39. The second kappa shape index (κ2) is 10.8. The topological polar surface area (TPSA) is 52.5 Å². The number of aryl methyl sites for hydroxylation is 1. The van der Waals surface area contributed by atoms with Crippen molar-refractivity contribution in [2.75, 3.05) is 0 Å². The van der Waals surface area contributed by atoms with Crippen molar-refractivity contribution in [2.24, 2.45) is 0 Å². The van der Waals surface area contributed by atoms with Gasteiger partial charge in [0.15, 0.2) is 0 Å². The van der Waals surface area contributed by atoms with E-state index in [4.69, 9.17) is 0 Å². The smallest absolute Gasteiger partial charge is 0.0992 e. The molecule has 3 nitrogen and oxygen atoms in total. The summed E-state index contributed by atoms with van der Waals surface area (Å²) in [7, 11) is 0. The van der Waals surface area contributed by atoms with Crippen LogP contribution in [0.15, 0.2) is 133 Å². The van der Waals surface area contributed by atoms with Gasteiger partial charge in [0.2, 0.25) is 0 Å². The number of nitriles is 2. The van der Waals surface area contributed by atoms with Gasteiger partial charge in [-0.25, -0.2) is 0 Å². The number of aromatic nitrogens is 1. The van der Waals surface area contributed by atoms with Gasteiger partial charge in [0.1, 0.15) is 0 Å². The Labute approximate surface area is 251 Å². The van der Waals surface area contributed by atoms with Crippen LogP contribution in [-0.2, 0) is 6.42 Å². The molecule has 0 saturated carbocycles. The van der Waals surface area contributed by atoms with Crippen LogP contribution >= 0.6 is 0 Å². The third kappa shape index (κ3) is 4.74. The lowest BCUT2D eigenvalue weighted by molar-refractivity contribution is 1.18. The highest BCUT2D eigenvalue weighted by Crippen LogP contribution is 2.37. The molecule has 0 radical (unpaired) electrons. The van der Waals surface area contributed by atoms with Crippen LogP contribution < -0.4 is 0 Å². The largest absolute Gasteiger partial charge is 0.309 e. The maximum Gasteiger partial charge on any atom is 0.0992 e. The van der Waals surface area contributed by atoms with E-state index in [1.54, 1.807) is 0 Å². The van der Waals surface area contributed by atoms with Gasteiger partial charge in [0.25, 0.3) is 0 Å². The summed E-state index contributed by atoms with van der Waals surface area (Å²) in [5, 5.41) is 21.2. The zero-order chi connectivity index (χ0) is 29.3. The minimum Gasteiger partial charge on any atom is -0.309 e. The summed E-state index contributed by atoms with van der Waals surface area (Å²) < 4.78 is 2.24. The lowest BCUT2D eigenvalue weighted by Gasteiger charge is -2.15. The fraction of sp³-hybridized carbons (Fsp3) is 0.0500. The maximum absolute atomic E-state index is 9.51. The fourth-order valence-corrected chi connectivity index (χ4v) is 6.14. The lowest BCUT2D eigenvalue weighted by Crippen LogP contribution is -1.95. The Hall–Kier alpha value is -5.90. The van der Waals surface area contributed by atoms with E-state index in [1.807, 2.05) is 36.4 Å². The summed E-state index contributed by atoms with van der Waals surface area (Å²) in [4.78, 5) is 0. The molecule has 6 aromatic carbocycles. The lowest BCUT2D eigenvalue weighted by atomic mass is 9.90. The van der Waals surface area contributed by atoms with Crippen molar-refractivity contribution in [3.05, 3.63) is 161 Å². The summed E-state index contributed by atoms with van der Waals surface area (Å²) in [6, 6.07) is 50.6. The van der Waals surface area contributed by atoms with Crippen LogP contribution in [0.1, 0.15) is 27.8 Å². The number of nitrogens with zero attached hydrogens (tertiary/aromatic N) is 3. The van der Waals surface area contributed by atoms with Crippen LogP contribution in [0.25, 0.3) is 49.7 Å². The van der Waals surface area contributed by atoms with E-state index >= 15 is 0 Å². The first-order valence-electron chi connectivity index (χ1n) is 14.3. The summed E-state index contributed by atoms with van der Waals surface area (Å²) in [6.07, 6.45) is 0.758. The second-order valence-electron chi connectivity index (χ2n) is 10.9. The quantitative estimate of drug-likeness (QED) is 0.215. The SMILES string of the molecule is Cc1ccc(-c2ccc3c(c2)c2ccccc2n3-c2cccc(C#N)c2)cc1-c1ccccc1Cc1cccc(C#N)c1. The molecule has 0 saturated heterocycles. The molecular weight excluding hydrogens is 522 g/mol. The van der Waals surface area contributed by atoms with Crippen LogP contribution in [0.5, 0.6) is 0 Å². The Kier molecular flexibility index (Phi) is 6.55. The molecule has 0 aliphatic heterocycles. The third-order valence-corrected chi connectivity index (χ3v) is 8.24. The highest BCUT2D eigenvalue weighted by atomic mass is 15.0. The molecule has 0 fully saturated rings. The number of hydrogen-bond acceptors (Lipinski definition) is 2. The molecule has 0 atom stereocenters. The van der Waals surface area contributed by atoms with E-state index in [1.165, 1.54) is 33.0 Å². The Balaban J connectivity index is 1.34. The normalized spacial score (nSPS) is 11.0. The van der Waals surface area contributed by atoms with Gasteiger partial charge in [-0.1, -0.05) is 78.9 Å². The molecule has 43 heavy (non-hydrogen) atoms. The number of fused-ring (bicyclic) bond motifs is 3. The average molecular weight is 550 g/mol. The molecule has 0 spiro atoms. The zero-order valence-electron chi connectivity index (χ0n) is 23.8. The van der Waals surface area contributed by atoms with Crippen molar-refractivity contribution in [1.82, 2.24) is 4.57 Å². The molecule has 3 heteroatoms. The van der Waals surface area contributed by atoms with Gasteiger partial charge in [0, 0.05) is 16.5 Å². The Morgan fingerprint density at radius 2 is 1.26 bits per heavy atom. The molecule has 0 unspecified atom stereocenters. The fourth-order valence-electron chi connectivity index (χ4n) is 6.14. The molecule has 0 N–H and O–H groups in total. The summed E-state index contributed by atoms with van der Waals surface area (Å²) >= 11 is 0. The van der Waals surface area contributed by atoms with Crippen LogP contribution in [0, 0.1) is 29.6 Å². The molecule has 7 aromatic rings. The van der Waals surface area contributed by atoms with Gasteiger partial charge in [-0.15, -0.1) is 0 Å². The molecule has 7 rings (SSSR count). The molecule has 1 aromatic heterocycles. The van der Waals surface area contributed by atoms with E-state index in [9.17, 15) is 10.5 Å². The first kappa shape index (κ1) is 26.0. The number of hydrogen-bond donors (Lipinski definition) is 0. The van der Waals surface area contributed by atoms with Gasteiger partial charge >= 0.3 is 0 Å². The van der Waals surface area contributed by atoms with E-state index in [0.717, 1.165) is 39.8 Å². The van der Waals surface area contributed by atoms with Crippen LogP contribution in [0.3, 0.4) is 0 Å². The number of rotatable bonds is 5. The van der Waals surface area contributed by atoms with Crippen molar-refractivity contribution in [3.8, 4) is 40.1 Å². The highest BCUT2D eigenvalue weighted by Gasteiger charge is 2.15. The number of para-hydroxylation sites is 1. The van der Waals surface area contributed by atoms with Crippen molar-refractivity contribution >= 4 is 21.8 Å². The summed E-state index contributed by atoms with van der Waals surface area (Å²) in [6.45, 7) is 2.17. The Morgan fingerprint density at radius 3 is 2.12 bits per heavy atom. The van der Waals surface area contributed by atoms with Crippen LogP contribution in [0.4, 0.5) is 0 Å². The zero-order valence-corrected chi connectivity index (χ0v) is 23.8. The Morgan fingerprint density at radius 1 is 0.558 bits per heavy atom. The molecule has 202 valence electrons. The van der Waals surface area contributed by atoms with E-state index in [0.29, 0.717) is 11.1 Å². The second-order valence-corrected chi connectivity index (χ2v) is 10.9. The van der Waals surface area contributed by atoms with Crippen LogP contribution in [-0.4, -0.2) is 4.57 Å². The first-order chi connectivity index (χ1) is 21.1. The third-order valence-electron chi connectivity index (χ3n) is 8.24. The molecule has 0 amide bonds. The molecule has 1 heterocycles. The van der Waals surface area contributed by atoms with Gasteiger partial charge in [-0.05, 0) is 107 Å². The molecule has 0 bridgehead atoms. The van der Waals surface area contributed by atoms with Crippen molar-refractivity contribution in [3.63, 3.8) is 0 Å². The van der Waals surface area contributed by atoms with Gasteiger partial charge in [0.05, 0.1) is 34.3 Å². The molecular formula is C40H27N3. The van der Waals surface area contributed by atoms with E-state index in [2.05, 4.69) is 121 Å². The van der Waals surface area contributed by atoms with Crippen molar-refractivity contribution in [2.45, 2.75) is 13.3 Å². The highest BCUT2D eigenvalue weighted by molar-refractivity contribution is 6.10.